The number of ether oxygens (including phenoxy) is 1. The van der Waals surface area contributed by atoms with Crippen molar-refractivity contribution in [3.05, 3.63) is 0 Å². The van der Waals surface area contributed by atoms with Crippen LogP contribution in [0.3, 0.4) is 0 Å². The van der Waals surface area contributed by atoms with Gasteiger partial charge in [0.1, 0.15) is 0 Å². The first-order valence-corrected chi connectivity index (χ1v) is 7.26. The zero-order valence-corrected chi connectivity index (χ0v) is 11.7. The maximum atomic E-state index is 5.70. The Morgan fingerprint density at radius 1 is 1.24 bits per heavy atom. The van der Waals surface area contributed by atoms with Gasteiger partial charge in [-0.25, -0.2) is 0 Å². The van der Waals surface area contributed by atoms with Crippen molar-refractivity contribution in [3.8, 4) is 0 Å². The molecule has 102 valence electrons. The third-order valence-corrected chi connectivity index (χ3v) is 3.60. The van der Waals surface area contributed by atoms with E-state index in [1.54, 1.807) is 0 Å². The number of hydrogen-bond donors (Lipinski definition) is 1. The summed E-state index contributed by atoms with van der Waals surface area (Å²) in [5.41, 5.74) is 5.59. The van der Waals surface area contributed by atoms with Crippen molar-refractivity contribution in [2.24, 2.45) is 11.7 Å². The average molecular weight is 242 g/mol. The van der Waals surface area contributed by atoms with Crippen LogP contribution in [0.5, 0.6) is 0 Å². The lowest BCUT2D eigenvalue weighted by atomic mass is 9.91. The Balaban J connectivity index is 2.06. The quantitative estimate of drug-likeness (QED) is 0.597. The fraction of sp³-hybridized carbons (Fsp3) is 1.00. The highest BCUT2D eigenvalue weighted by Crippen LogP contribution is 2.24. The lowest BCUT2D eigenvalue weighted by molar-refractivity contribution is 0.0601. The molecule has 0 atom stereocenters. The summed E-state index contributed by atoms with van der Waals surface area (Å²) in [5.74, 6) is 0.745. The highest BCUT2D eigenvalue weighted by molar-refractivity contribution is 4.79. The van der Waals surface area contributed by atoms with Gasteiger partial charge in [-0.2, -0.15) is 0 Å². The molecule has 1 fully saturated rings. The van der Waals surface area contributed by atoms with Crippen molar-refractivity contribution < 1.29 is 4.74 Å². The van der Waals surface area contributed by atoms with Crippen LogP contribution in [0.1, 0.15) is 46.0 Å². The van der Waals surface area contributed by atoms with Crippen molar-refractivity contribution in [2.45, 2.75) is 52.0 Å². The minimum absolute atomic E-state index is 0.745. The molecule has 1 aliphatic carbocycles. The van der Waals surface area contributed by atoms with Crippen molar-refractivity contribution in [1.29, 1.82) is 0 Å². The van der Waals surface area contributed by atoms with E-state index < -0.39 is 0 Å². The van der Waals surface area contributed by atoms with E-state index in [1.165, 1.54) is 25.7 Å². The third-order valence-electron chi connectivity index (χ3n) is 3.60. The largest absolute Gasteiger partial charge is 0.380 e. The van der Waals surface area contributed by atoms with Gasteiger partial charge in [0, 0.05) is 19.2 Å². The van der Waals surface area contributed by atoms with Gasteiger partial charge in [-0.3, -0.25) is 4.90 Å². The monoisotopic (exact) mass is 242 g/mol. The first kappa shape index (κ1) is 14.9. The second-order valence-electron chi connectivity index (χ2n) is 5.56. The Kier molecular flexibility index (Phi) is 7.82. The van der Waals surface area contributed by atoms with Crippen molar-refractivity contribution in [3.63, 3.8) is 0 Å². The molecule has 0 spiro atoms. The molecule has 3 nitrogen and oxygen atoms in total. The second kappa shape index (κ2) is 8.90. The van der Waals surface area contributed by atoms with E-state index >= 15 is 0 Å². The molecule has 1 rings (SSSR count). The van der Waals surface area contributed by atoms with Crippen LogP contribution in [0.25, 0.3) is 0 Å². The predicted octanol–water partition coefficient (Wildman–Crippen LogP) is 2.25. The molecule has 0 heterocycles. The van der Waals surface area contributed by atoms with Gasteiger partial charge in [0.25, 0.3) is 0 Å². The molecule has 0 aromatic rings. The SMILES string of the molecule is CC(C)CCOCCN(CCCN)C1CCC1. The summed E-state index contributed by atoms with van der Waals surface area (Å²) < 4.78 is 5.70. The van der Waals surface area contributed by atoms with E-state index in [9.17, 15) is 0 Å². The van der Waals surface area contributed by atoms with Gasteiger partial charge in [-0.15, -0.1) is 0 Å². The Bertz CT molecular complexity index is 181. The zero-order valence-electron chi connectivity index (χ0n) is 11.7. The lowest BCUT2D eigenvalue weighted by Gasteiger charge is -2.37. The predicted molar refractivity (Wildman–Crippen MR) is 73.2 cm³/mol. The van der Waals surface area contributed by atoms with Crippen LogP contribution in [-0.4, -0.2) is 43.8 Å². The topological polar surface area (TPSA) is 38.5 Å². The molecule has 0 aliphatic heterocycles. The number of hydrogen-bond acceptors (Lipinski definition) is 3. The Morgan fingerprint density at radius 2 is 2.00 bits per heavy atom. The normalized spacial score (nSPS) is 16.8. The fourth-order valence-corrected chi connectivity index (χ4v) is 2.13. The molecule has 17 heavy (non-hydrogen) atoms. The number of nitrogens with two attached hydrogens (primary N) is 1. The number of nitrogens with zero attached hydrogens (tertiary/aromatic N) is 1. The smallest absolute Gasteiger partial charge is 0.0593 e. The molecule has 0 aromatic carbocycles. The molecule has 0 bridgehead atoms. The molecular weight excluding hydrogens is 212 g/mol. The highest BCUT2D eigenvalue weighted by atomic mass is 16.5. The first-order valence-electron chi connectivity index (χ1n) is 7.26. The van der Waals surface area contributed by atoms with Crippen molar-refractivity contribution in [1.82, 2.24) is 4.90 Å². The summed E-state index contributed by atoms with van der Waals surface area (Å²) in [6, 6.07) is 0.815. The van der Waals surface area contributed by atoms with Crippen LogP contribution in [0.2, 0.25) is 0 Å². The molecule has 1 aliphatic rings. The maximum Gasteiger partial charge on any atom is 0.0593 e. The van der Waals surface area contributed by atoms with E-state index in [0.29, 0.717) is 0 Å². The number of rotatable bonds is 10. The van der Waals surface area contributed by atoms with Gasteiger partial charge in [0.05, 0.1) is 6.61 Å². The van der Waals surface area contributed by atoms with E-state index in [4.69, 9.17) is 10.5 Å². The molecule has 0 radical (unpaired) electrons. The first-order chi connectivity index (χ1) is 8.24. The van der Waals surface area contributed by atoms with Gasteiger partial charge in [0.15, 0.2) is 0 Å². The Hall–Kier alpha value is -0.120. The van der Waals surface area contributed by atoms with Crippen LogP contribution in [0, 0.1) is 5.92 Å². The van der Waals surface area contributed by atoms with Crippen molar-refractivity contribution in [2.75, 3.05) is 32.8 Å². The molecule has 0 saturated heterocycles. The van der Waals surface area contributed by atoms with Crippen LogP contribution in [0.15, 0.2) is 0 Å². The summed E-state index contributed by atoms with van der Waals surface area (Å²) in [6.07, 6.45) is 6.43. The van der Waals surface area contributed by atoms with Crippen molar-refractivity contribution >= 4 is 0 Å². The fourth-order valence-electron chi connectivity index (χ4n) is 2.13. The van der Waals surface area contributed by atoms with Gasteiger partial charge in [-0.05, 0) is 44.7 Å². The minimum Gasteiger partial charge on any atom is -0.380 e. The molecule has 1 saturated carbocycles. The van der Waals surface area contributed by atoms with Gasteiger partial charge in [-0.1, -0.05) is 20.3 Å². The molecule has 0 amide bonds. The van der Waals surface area contributed by atoms with E-state index in [2.05, 4.69) is 18.7 Å². The van der Waals surface area contributed by atoms with Crippen LogP contribution in [0.4, 0.5) is 0 Å². The lowest BCUT2D eigenvalue weighted by Crippen LogP contribution is -2.43. The van der Waals surface area contributed by atoms with Gasteiger partial charge in [0.2, 0.25) is 0 Å². The average Bonchev–Trinajstić information content (AvgIpc) is 2.21. The summed E-state index contributed by atoms with van der Waals surface area (Å²) in [5, 5.41) is 0. The third kappa shape index (κ3) is 6.39. The standard InChI is InChI=1S/C14H30N2O/c1-13(2)7-11-17-12-10-16(9-4-8-15)14-5-3-6-14/h13-14H,3-12,15H2,1-2H3. The Morgan fingerprint density at radius 3 is 2.53 bits per heavy atom. The van der Waals surface area contributed by atoms with Crippen LogP contribution >= 0.6 is 0 Å². The second-order valence-corrected chi connectivity index (χ2v) is 5.56. The van der Waals surface area contributed by atoms with E-state index in [1.807, 2.05) is 0 Å². The molecule has 2 N–H and O–H groups in total. The molecule has 3 heteroatoms. The molecule has 0 unspecified atom stereocenters. The summed E-state index contributed by atoms with van der Waals surface area (Å²) in [6.45, 7) is 9.31. The van der Waals surface area contributed by atoms with Crippen LogP contribution < -0.4 is 5.73 Å². The summed E-state index contributed by atoms with van der Waals surface area (Å²) in [7, 11) is 0. The highest BCUT2D eigenvalue weighted by Gasteiger charge is 2.23. The van der Waals surface area contributed by atoms with E-state index in [-0.39, 0.29) is 0 Å². The molecule has 0 aromatic heterocycles. The van der Waals surface area contributed by atoms with E-state index in [0.717, 1.165) is 51.2 Å². The molecular formula is C14H30N2O. The van der Waals surface area contributed by atoms with Gasteiger partial charge >= 0.3 is 0 Å². The van der Waals surface area contributed by atoms with Gasteiger partial charge < -0.3 is 10.5 Å². The zero-order chi connectivity index (χ0) is 12.5. The maximum absolute atomic E-state index is 5.70. The summed E-state index contributed by atoms with van der Waals surface area (Å²) in [4.78, 5) is 2.58. The Labute approximate surface area is 107 Å². The summed E-state index contributed by atoms with van der Waals surface area (Å²) >= 11 is 0. The van der Waals surface area contributed by atoms with Crippen LogP contribution in [-0.2, 0) is 4.74 Å². The minimum atomic E-state index is 0.745.